The molecule has 46 heavy (non-hydrogen) atoms. The quantitative estimate of drug-likeness (QED) is 0.231. The minimum Gasteiger partial charge on any atom is -0.458 e. The fourth-order valence-electron chi connectivity index (χ4n) is 6.20. The Balaban J connectivity index is 3.21. The van der Waals surface area contributed by atoms with Crippen LogP contribution in [0.3, 0.4) is 0 Å². The molecule has 1 saturated carbocycles. The summed E-state index contributed by atoms with van der Waals surface area (Å²) in [6.45, 7) is 15.9. The van der Waals surface area contributed by atoms with Gasteiger partial charge in [-0.05, 0) is 20.8 Å². The van der Waals surface area contributed by atoms with Crippen molar-refractivity contribution in [2.75, 3.05) is 0 Å². The second-order valence-corrected chi connectivity index (χ2v) is 12.4. The summed E-state index contributed by atoms with van der Waals surface area (Å²) < 4.78 is 33.7. The zero-order chi connectivity index (χ0) is 35.5. The van der Waals surface area contributed by atoms with Crippen LogP contribution in [-0.4, -0.2) is 83.0 Å². The van der Waals surface area contributed by atoms with Crippen LogP contribution in [0.15, 0.2) is 24.3 Å². The molecule has 0 aromatic rings. The smallest absolute Gasteiger partial charge is 0.303 e. The number of carbonyl (C=O) groups is 8. The largest absolute Gasteiger partial charge is 0.458 e. The average molecular weight is 651 g/mol. The Kier molecular flexibility index (Phi) is 11.5. The highest BCUT2D eigenvalue weighted by atomic mass is 16.6. The highest BCUT2D eigenvalue weighted by Crippen LogP contribution is 2.54. The lowest BCUT2D eigenvalue weighted by Crippen LogP contribution is -2.58. The number of hydrogen-bond donors (Lipinski definition) is 0. The van der Waals surface area contributed by atoms with Gasteiger partial charge in [-0.25, -0.2) is 0 Å². The van der Waals surface area contributed by atoms with Crippen LogP contribution in [0.5, 0.6) is 0 Å². The van der Waals surface area contributed by atoms with Crippen molar-refractivity contribution in [3.63, 3.8) is 0 Å². The molecule has 0 aliphatic heterocycles. The number of ether oxygens (including phenoxy) is 6. The van der Waals surface area contributed by atoms with Crippen LogP contribution in [0.4, 0.5) is 0 Å². The van der Waals surface area contributed by atoms with Crippen molar-refractivity contribution in [1.82, 2.24) is 0 Å². The van der Waals surface area contributed by atoms with E-state index >= 15 is 0 Å². The van der Waals surface area contributed by atoms with Gasteiger partial charge in [-0.15, -0.1) is 0 Å². The number of fused-ring (bicyclic) bond motifs is 1. The first kappa shape index (κ1) is 37.8. The fourth-order valence-corrected chi connectivity index (χ4v) is 6.20. The first-order valence-corrected chi connectivity index (χ1v) is 14.5. The normalized spacial score (nSPS) is 32.5. The van der Waals surface area contributed by atoms with Gasteiger partial charge in [0, 0.05) is 64.9 Å². The first-order chi connectivity index (χ1) is 21.0. The maximum Gasteiger partial charge on any atom is 0.303 e. The molecule has 2 rings (SSSR count). The second-order valence-electron chi connectivity index (χ2n) is 12.4. The van der Waals surface area contributed by atoms with Gasteiger partial charge in [-0.3, -0.25) is 38.4 Å². The Bertz CT molecular complexity index is 1360. The molecule has 0 N–H and O–H groups in total. The molecule has 0 aromatic heterocycles. The van der Waals surface area contributed by atoms with E-state index < -0.39 is 112 Å². The maximum absolute atomic E-state index is 14.6. The van der Waals surface area contributed by atoms with Gasteiger partial charge in [0.15, 0.2) is 35.0 Å². The predicted molar refractivity (Wildman–Crippen MR) is 156 cm³/mol. The number of esters is 6. The molecule has 0 bridgehead atoms. The number of Topliss-reactive ketones (excluding diaryl/α,β-unsaturated/α-hetero) is 2. The summed E-state index contributed by atoms with van der Waals surface area (Å²) in [7, 11) is 0. The van der Waals surface area contributed by atoms with Gasteiger partial charge in [-0.2, -0.15) is 0 Å². The summed E-state index contributed by atoms with van der Waals surface area (Å²) in [6, 6.07) is 0. The van der Waals surface area contributed by atoms with Crippen LogP contribution in [0.2, 0.25) is 0 Å². The Morgan fingerprint density at radius 1 is 0.674 bits per heavy atom. The van der Waals surface area contributed by atoms with Crippen LogP contribution >= 0.6 is 0 Å². The molecule has 0 radical (unpaired) electrons. The van der Waals surface area contributed by atoms with Gasteiger partial charge in [0.2, 0.25) is 6.10 Å². The number of hydrogen-bond acceptors (Lipinski definition) is 14. The van der Waals surface area contributed by atoms with Crippen molar-refractivity contribution in [3.8, 4) is 0 Å². The van der Waals surface area contributed by atoms with E-state index in [4.69, 9.17) is 28.4 Å². The van der Waals surface area contributed by atoms with Gasteiger partial charge in [0.1, 0.15) is 6.10 Å². The molecule has 2 aliphatic rings. The van der Waals surface area contributed by atoms with Gasteiger partial charge in [0.25, 0.3) is 0 Å². The summed E-state index contributed by atoms with van der Waals surface area (Å²) in [5.41, 5.74) is -6.07. The van der Waals surface area contributed by atoms with Crippen LogP contribution in [0.1, 0.15) is 75.7 Å². The standard InChI is InChI=1S/C32H42O14/c1-15-12-13-30(9,10)28(40)26(43-19(5)35)25(42-18(4)34)16(2)24(41-17(3)33)23-29(44-20(6)36)31(11,45-21(7)37)14-32(23,27(15)39)46-22(8)38/h12-13,15,23-26,29H,2,14H2,1,3-11H3. The van der Waals surface area contributed by atoms with E-state index in [2.05, 4.69) is 6.58 Å². The average Bonchev–Trinajstić information content (AvgIpc) is 3.11. The van der Waals surface area contributed by atoms with E-state index in [1.54, 1.807) is 0 Å². The lowest BCUT2D eigenvalue weighted by Gasteiger charge is -2.42. The van der Waals surface area contributed by atoms with E-state index in [0.29, 0.717) is 0 Å². The molecule has 0 heterocycles. The molecule has 2 aliphatic carbocycles. The summed E-state index contributed by atoms with van der Waals surface area (Å²) in [6.07, 6.45) is -5.02. The summed E-state index contributed by atoms with van der Waals surface area (Å²) >= 11 is 0. The molecule has 0 amide bonds. The Hall–Kier alpha value is -4.36. The zero-order valence-electron chi connectivity index (χ0n) is 27.7. The number of ketones is 2. The molecule has 0 aromatic carbocycles. The third-order valence-electron chi connectivity index (χ3n) is 7.81. The second kappa shape index (κ2) is 14.0. The van der Waals surface area contributed by atoms with Crippen molar-refractivity contribution in [1.29, 1.82) is 0 Å². The van der Waals surface area contributed by atoms with Crippen molar-refractivity contribution < 1.29 is 66.8 Å². The molecule has 14 heteroatoms. The monoisotopic (exact) mass is 650 g/mol. The zero-order valence-corrected chi connectivity index (χ0v) is 27.7. The first-order valence-electron chi connectivity index (χ1n) is 14.5. The molecule has 8 atom stereocenters. The fraction of sp³-hybridized carbons (Fsp3) is 0.625. The molecule has 0 spiro atoms. The third kappa shape index (κ3) is 8.07. The number of carbonyl (C=O) groups excluding carboxylic acids is 8. The Morgan fingerprint density at radius 3 is 1.59 bits per heavy atom. The van der Waals surface area contributed by atoms with Gasteiger partial charge >= 0.3 is 35.8 Å². The minimum absolute atomic E-state index is 0.392. The summed E-state index contributed by atoms with van der Waals surface area (Å²) in [5, 5.41) is 0. The summed E-state index contributed by atoms with van der Waals surface area (Å²) in [4.78, 5) is 104. The van der Waals surface area contributed by atoms with Gasteiger partial charge in [-0.1, -0.05) is 25.7 Å². The molecular weight excluding hydrogens is 608 g/mol. The molecule has 1 fully saturated rings. The van der Waals surface area contributed by atoms with Gasteiger partial charge < -0.3 is 28.4 Å². The third-order valence-corrected chi connectivity index (χ3v) is 7.81. The molecule has 0 saturated heterocycles. The van der Waals surface area contributed by atoms with Crippen molar-refractivity contribution in [2.24, 2.45) is 17.3 Å². The Morgan fingerprint density at radius 2 is 1.13 bits per heavy atom. The minimum atomic E-state index is -2.34. The lowest BCUT2D eigenvalue weighted by molar-refractivity contribution is -0.191. The predicted octanol–water partition coefficient (Wildman–Crippen LogP) is 2.28. The number of rotatable bonds is 6. The molecule has 14 nitrogen and oxygen atoms in total. The van der Waals surface area contributed by atoms with E-state index in [1.165, 1.54) is 39.8 Å². The molecular formula is C32H42O14. The highest BCUT2D eigenvalue weighted by molar-refractivity contribution is 5.95. The summed E-state index contributed by atoms with van der Waals surface area (Å²) in [5.74, 6) is -9.97. The number of allylic oxidation sites excluding steroid dienone is 2. The molecule has 8 unspecified atom stereocenters. The van der Waals surface area contributed by atoms with Crippen LogP contribution in [0, 0.1) is 17.3 Å². The highest BCUT2D eigenvalue weighted by Gasteiger charge is 2.72. The van der Waals surface area contributed by atoms with E-state index in [0.717, 1.165) is 41.5 Å². The van der Waals surface area contributed by atoms with Crippen molar-refractivity contribution in [3.05, 3.63) is 24.3 Å². The van der Waals surface area contributed by atoms with E-state index in [1.807, 2.05) is 0 Å². The van der Waals surface area contributed by atoms with E-state index in [9.17, 15) is 38.4 Å². The lowest BCUT2D eigenvalue weighted by atomic mass is 9.72. The van der Waals surface area contributed by atoms with Crippen LogP contribution < -0.4 is 0 Å². The molecule has 254 valence electrons. The van der Waals surface area contributed by atoms with Crippen molar-refractivity contribution >= 4 is 47.4 Å². The Labute approximate surface area is 267 Å². The van der Waals surface area contributed by atoms with Crippen LogP contribution in [-0.2, 0) is 66.8 Å². The topological polar surface area (TPSA) is 192 Å². The maximum atomic E-state index is 14.6. The SMILES string of the molecule is C=C1C(OC(C)=O)C(OC(C)=O)C(=O)C(C)(C)C=CC(C)C(=O)C2(OC(C)=O)CC(C)(OC(C)=O)C(OC(C)=O)C2C1OC(C)=O. The van der Waals surface area contributed by atoms with E-state index in [-0.39, 0.29) is 0 Å². The van der Waals surface area contributed by atoms with Crippen LogP contribution in [0.25, 0.3) is 0 Å². The van der Waals surface area contributed by atoms with Crippen molar-refractivity contribution in [2.45, 2.75) is 111 Å². The van der Waals surface area contributed by atoms with Gasteiger partial charge in [0.05, 0.1) is 5.92 Å².